The Kier molecular flexibility index (Phi) is 5.49. The van der Waals surface area contributed by atoms with Crippen LogP contribution in [0.4, 0.5) is 0 Å². The summed E-state index contributed by atoms with van der Waals surface area (Å²) < 4.78 is 7.38. The first-order valence-electron chi connectivity index (χ1n) is 10.1. The lowest BCUT2D eigenvalue weighted by atomic mass is 10.1. The second-order valence-electron chi connectivity index (χ2n) is 7.61. The minimum absolute atomic E-state index is 0.0678. The van der Waals surface area contributed by atoms with Gasteiger partial charge < -0.3 is 9.42 Å². The monoisotopic (exact) mass is 393 g/mol. The van der Waals surface area contributed by atoms with E-state index in [4.69, 9.17) is 4.52 Å². The zero-order valence-electron chi connectivity index (χ0n) is 17.3. The van der Waals surface area contributed by atoms with Crippen LogP contribution < -0.4 is 0 Å². The summed E-state index contributed by atoms with van der Waals surface area (Å²) in [7, 11) is 0. The number of piperazine rings is 1. The number of amides is 1. The molecule has 3 heterocycles. The van der Waals surface area contributed by atoms with Crippen molar-refractivity contribution in [1.29, 1.82) is 0 Å². The van der Waals surface area contributed by atoms with Crippen LogP contribution in [0, 0.1) is 13.8 Å². The molecule has 1 aromatic carbocycles. The highest BCUT2D eigenvalue weighted by atomic mass is 16.5. The van der Waals surface area contributed by atoms with Gasteiger partial charge in [-0.3, -0.25) is 14.4 Å². The van der Waals surface area contributed by atoms with Gasteiger partial charge in [0.1, 0.15) is 0 Å². The molecule has 7 nitrogen and oxygen atoms in total. The highest BCUT2D eigenvalue weighted by Gasteiger charge is 2.25. The van der Waals surface area contributed by atoms with Crippen molar-refractivity contribution in [3.63, 3.8) is 0 Å². The van der Waals surface area contributed by atoms with E-state index in [1.807, 2.05) is 40.8 Å². The Bertz CT molecular complexity index is 981. The Morgan fingerprint density at radius 3 is 2.48 bits per heavy atom. The van der Waals surface area contributed by atoms with Gasteiger partial charge in [0, 0.05) is 62.7 Å². The quantitative estimate of drug-likeness (QED) is 0.666. The molecule has 0 N–H and O–H groups in total. The van der Waals surface area contributed by atoms with Gasteiger partial charge in [-0.2, -0.15) is 5.10 Å². The van der Waals surface area contributed by atoms with Gasteiger partial charge in [-0.15, -0.1) is 0 Å². The fourth-order valence-electron chi connectivity index (χ4n) is 3.62. The number of rotatable bonds is 5. The van der Waals surface area contributed by atoms with Gasteiger partial charge in [-0.25, -0.2) is 0 Å². The van der Waals surface area contributed by atoms with Crippen molar-refractivity contribution in [2.75, 3.05) is 26.2 Å². The largest absolute Gasteiger partial charge is 0.355 e. The Hall–Kier alpha value is -2.93. The van der Waals surface area contributed by atoms with E-state index in [0.717, 1.165) is 37.4 Å². The molecular formula is C22H27N5O2. The molecular weight excluding hydrogens is 366 g/mol. The van der Waals surface area contributed by atoms with Crippen LogP contribution in [0.25, 0.3) is 11.3 Å². The van der Waals surface area contributed by atoms with E-state index in [2.05, 4.69) is 35.2 Å². The number of aryl methyl sites for hydroxylation is 3. The molecule has 0 radical (unpaired) electrons. The summed E-state index contributed by atoms with van der Waals surface area (Å²) in [5.74, 6) is 0.553. The predicted molar refractivity (Wildman–Crippen MR) is 110 cm³/mol. The molecule has 1 saturated heterocycles. The van der Waals surface area contributed by atoms with Crippen molar-refractivity contribution >= 4 is 5.91 Å². The van der Waals surface area contributed by atoms with Gasteiger partial charge in [0.05, 0.1) is 5.69 Å². The van der Waals surface area contributed by atoms with Crippen LogP contribution in [0.2, 0.25) is 0 Å². The van der Waals surface area contributed by atoms with Crippen molar-refractivity contribution < 1.29 is 9.32 Å². The Morgan fingerprint density at radius 2 is 1.83 bits per heavy atom. The van der Waals surface area contributed by atoms with Gasteiger partial charge in [0.2, 0.25) is 0 Å². The number of carbonyl (C=O) groups is 1. The lowest BCUT2D eigenvalue weighted by Crippen LogP contribution is -2.48. The highest BCUT2D eigenvalue weighted by molar-refractivity contribution is 5.93. The minimum Gasteiger partial charge on any atom is -0.355 e. The molecule has 152 valence electrons. The number of benzene rings is 1. The van der Waals surface area contributed by atoms with E-state index >= 15 is 0 Å². The van der Waals surface area contributed by atoms with Crippen molar-refractivity contribution in [1.82, 2.24) is 24.7 Å². The molecule has 0 unspecified atom stereocenters. The van der Waals surface area contributed by atoms with E-state index in [1.165, 1.54) is 11.1 Å². The van der Waals surface area contributed by atoms with E-state index in [-0.39, 0.29) is 5.91 Å². The minimum atomic E-state index is -0.0678. The molecule has 0 spiro atoms. The SMILES string of the molecule is CCn1cc(CN2CCN(C(=O)c3cc(-c4ccc(C)cc4)on3)CC2)c(C)n1. The van der Waals surface area contributed by atoms with Crippen molar-refractivity contribution in [3.05, 3.63) is 59.0 Å². The summed E-state index contributed by atoms with van der Waals surface area (Å²) in [6.45, 7) is 11.0. The Morgan fingerprint density at radius 1 is 1.10 bits per heavy atom. The van der Waals surface area contributed by atoms with Crippen LogP contribution in [0.1, 0.15) is 34.2 Å². The third-order valence-corrected chi connectivity index (χ3v) is 5.49. The first kappa shape index (κ1) is 19.4. The maximum Gasteiger partial charge on any atom is 0.276 e. The average molecular weight is 393 g/mol. The van der Waals surface area contributed by atoms with Crippen LogP contribution in [-0.2, 0) is 13.1 Å². The smallest absolute Gasteiger partial charge is 0.276 e. The average Bonchev–Trinajstić information content (AvgIpc) is 3.36. The molecule has 0 bridgehead atoms. The first-order chi connectivity index (χ1) is 14.0. The van der Waals surface area contributed by atoms with Crippen LogP contribution in [0.15, 0.2) is 41.1 Å². The third kappa shape index (κ3) is 4.24. The maximum absolute atomic E-state index is 12.8. The topological polar surface area (TPSA) is 67.4 Å². The fourth-order valence-corrected chi connectivity index (χ4v) is 3.62. The van der Waals surface area contributed by atoms with Crippen LogP contribution >= 0.6 is 0 Å². The zero-order valence-corrected chi connectivity index (χ0v) is 17.3. The van der Waals surface area contributed by atoms with Crippen LogP contribution in [0.5, 0.6) is 0 Å². The van der Waals surface area contributed by atoms with Gasteiger partial charge in [0.15, 0.2) is 11.5 Å². The molecule has 2 aromatic heterocycles. The molecule has 1 fully saturated rings. The molecule has 4 rings (SSSR count). The normalized spacial score (nSPS) is 15.1. The lowest BCUT2D eigenvalue weighted by Gasteiger charge is -2.34. The van der Waals surface area contributed by atoms with E-state index in [9.17, 15) is 4.79 Å². The Labute approximate surface area is 170 Å². The Balaban J connectivity index is 1.35. The first-order valence-corrected chi connectivity index (χ1v) is 10.1. The summed E-state index contributed by atoms with van der Waals surface area (Å²) in [4.78, 5) is 17.1. The number of aromatic nitrogens is 3. The molecule has 0 saturated carbocycles. The zero-order chi connectivity index (χ0) is 20.4. The van der Waals surface area contributed by atoms with E-state index < -0.39 is 0 Å². The second-order valence-corrected chi connectivity index (χ2v) is 7.61. The van der Waals surface area contributed by atoms with E-state index in [0.29, 0.717) is 24.5 Å². The second kappa shape index (κ2) is 8.21. The number of hydrogen-bond acceptors (Lipinski definition) is 5. The van der Waals surface area contributed by atoms with E-state index in [1.54, 1.807) is 6.07 Å². The number of nitrogens with zero attached hydrogens (tertiary/aromatic N) is 5. The fraction of sp³-hybridized carbons (Fsp3) is 0.409. The molecule has 1 aliphatic rings. The molecule has 0 atom stereocenters. The lowest BCUT2D eigenvalue weighted by molar-refractivity contribution is 0.0618. The summed E-state index contributed by atoms with van der Waals surface area (Å²) in [6.07, 6.45) is 2.12. The summed E-state index contributed by atoms with van der Waals surface area (Å²) >= 11 is 0. The van der Waals surface area contributed by atoms with Crippen molar-refractivity contribution in [2.45, 2.75) is 33.9 Å². The maximum atomic E-state index is 12.8. The standard InChI is InChI=1S/C22H27N5O2/c1-4-27-15-19(17(3)23-27)14-25-9-11-26(12-10-25)22(28)20-13-21(29-24-20)18-7-5-16(2)6-8-18/h5-8,13,15H,4,9-12,14H2,1-3H3. The van der Waals surface area contributed by atoms with Crippen LogP contribution in [0.3, 0.4) is 0 Å². The molecule has 7 heteroatoms. The summed E-state index contributed by atoms with van der Waals surface area (Å²) in [6, 6.07) is 9.73. The molecule has 1 aliphatic heterocycles. The van der Waals surface area contributed by atoms with Gasteiger partial charge in [-0.05, 0) is 20.8 Å². The highest BCUT2D eigenvalue weighted by Crippen LogP contribution is 2.22. The third-order valence-electron chi connectivity index (χ3n) is 5.49. The molecule has 1 amide bonds. The summed E-state index contributed by atoms with van der Waals surface area (Å²) in [5, 5.41) is 8.53. The van der Waals surface area contributed by atoms with Crippen LogP contribution in [-0.4, -0.2) is 56.8 Å². The van der Waals surface area contributed by atoms with Gasteiger partial charge in [-0.1, -0.05) is 35.0 Å². The van der Waals surface area contributed by atoms with Gasteiger partial charge in [0.25, 0.3) is 5.91 Å². The van der Waals surface area contributed by atoms with Crippen molar-refractivity contribution in [3.8, 4) is 11.3 Å². The number of hydrogen-bond donors (Lipinski definition) is 0. The molecule has 29 heavy (non-hydrogen) atoms. The summed E-state index contributed by atoms with van der Waals surface area (Å²) in [5.41, 5.74) is 4.81. The van der Waals surface area contributed by atoms with Crippen molar-refractivity contribution in [2.24, 2.45) is 0 Å². The predicted octanol–water partition coefficient (Wildman–Crippen LogP) is 3.13. The molecule has 3 aromatic rings. The van der Waals surface area contributed by atoms with Gasteiger partial charge >= 0.3 is 0 Å². The molecule has 0 aliphatic carbocycles. The number of carbonyl (C=O) groups excluding carboxylic acids is 1.